The lowest BCUT2D eigenvalue weighted by atomic mass is 10.2. The molecule has 1 atom stereocenters. The summed E-state index contributed by atoms with van der Waals surface area (Å²) in [6.07, 6.45) is 1.89. The number of amides is 1. The number of benzene rings is 1. The molecule has 2 aromatic rings. The average Bonchev–Trinajstić information content (AvgIpc) is 3.16. The molecule has 1 aliphatic heterocycles. The molecule has 110 valence electrons. The second kappa shape index (κ2) is 6.24. The molecule has 3 rings (SSSR count). The highest BCUT2D eigenvalue weighted by Gasteiger charge is 2.22. The Labute approximate surface area is 126 Å². The van der Waals surface area contributed by atoms with Crippen LogP contribution >= 0.6 is 11.6 Å². The van der Waals surface area contributed by atoms with Gasteiger partial charge in [-0.25, -0.2) is 0 Å². The van der Waals surface area contributed by atoms with Crippen molar-refractivity contribution in [2.75, 3.05) is 6.54 Å². The molecule has 1 aliphatic rings. The van der Waals surface area contributed by atoms with Gasteiger partial charge in [-0.15, -0.1) is 0 Å². The first-order chi connectivity index (χ1) is 10.2. The Morgan fingerprint density at radius 3 is 3.19 bits per heavy atom. The van der Waals surface area contributed by atoms with Crippen molar-refractivity contribution < 1.29 is 9.32 Å². The van der Waals surface area contributed by atoms with Crippen molar-refractivity contribution >= 4 is 17.5 Å². The Kier molecular flexibility index (Phi) is 4.17. The maximum absolute atomic E-state index is 11.9. The normalized spacial score (nSPS) is 17.9. The molecule has 0 spiro atoms. The van der Waals surface area contributed by atoms with Crippen LogP contribution in [0.3, 0.4) is 0 Å². The van der Waals surface area contributed by atoms with E-state index in [1.807, 2.05) is 12.1 Å². The number of carbonyl (C=O) groups excluding carboxylic acids is 1. The van der Waals surface area contributed by atoms with E-state index in [-0.39, 0.29) is 18.5 Å². The van der Waals surface area contributed by atoms with Crippen LogP contribution in [0.2, 0.25) is 5.02 Å². The van der Waals surface area contributed by atoms with Crippen LogP contribution in [0.25, 0.3) is 11.4 Å². The molecule has 1 unspecified atom stereocenters. The zero-order valence-corrected chi connectivity index (χ0v) is 12.1. The van der Waals surface area contributed by atoms with Gasteiger partial charge in [-0.3, -0.25) is 4.79 Å². The number of rotatable bonds is 4. The molecule has 1 aromatic heterocycles. The number of halogens is 1. The fourth-order valence-electron chi connectivity index (χ4n) is 2.27. The third-order valence-corrected chi connectivity index (χ3v) is 3.58. The van der Waals surface area contributed by atoms with Gasteiger partial charge < -0.3 is 15.2 Å². The molecule has 21 heavy (non-hydrogen) atoms. The third kappa shape index (κ3) is 3.40. The largest absolute Gasteiger partial charge is 0.346 e. The third-order valence-electron chi connectivity index (χ3n) is 3.34. The van der Waals surface area contributed by atoms with Crippen LogP contribution in [-0.4, -0.2) is 28.6 Å². The quantitative estimate of drug-likeness (QED) is 0.899. The Morgan fingerprint density at radius 2 is 2.43 bits per heavy atom. The fourth-order valence-corrected chi connectivity index (χ4v) is 2.46. The monoisotopic (exact) mass is 306 g/mol. The van der Waals surface area contributed by atoms with Crippen molar-refractivity contribution in [3.8, 4) is 11.4 Å². The molecule has 1 amide bonds. The molecule has 1 saturated heterocycles. The summed E-state index contributed by atoms with van der Waals surface area (Å²) in [6.45, 7) is 1.11. The number of nitrogens with zero attached hydrogens (tertiary/aromatic N) is 2. The molecule has 0 saturated carbocycles. The lowest BCUT2D eigenvalue weighted by molar-refractivity contribution is -0.123. The average molecular weight is 307 g/mol. The van der Waals surface area contributed by atoms with Crippen molar-refractivity contribution in [3.05, 3.63) is 35.2 Å². The van der Waals surface area contributed by atoms with E-state index < -0.39 is 0 Å². The molecular formula is C14H15ClN4O2. The highest BCUT2D eigenvalue weighted by molar-refractivity contribution is 6.30. The highest BCUT2D eigenvalue weighted by Crippen LogP contribution is 2.19. The fraction of sp³-hybridized carbons (Fsp3) is 0.357. The zero-order chi connectivity index (χ0) is 14.7. The molecule has 6 nitrogen and oxygen atoms in total. The van der Waals surface area contributed by atoms with Crippen LogP contribution in [0.5, 0.6) is 0 Å². The topological polar surface area (TPSA) is 80.1 Å². The van der Waals surface area contributed by atoms with E-state index in [0.717, 1.165) is 24.9 Å². The summed E-state index contributed by atoms with van der Waals surface area (Å²) in [7, 11) is 0. The van der Waals surface area contributed by atoms with Crippen molar-refractivity contribution in [3.63, 3.8) is 0 Å². The summed E-state index contributed by atoms with van der Waals surface area (Å²) in [6, 6.07) is 7.10. The van der Waals surface area contributed by atoms with Crippen LogP contribution in [0.1, 0.15) is 18.7 Å². The number of carbonyl (C=O) groups is 1. The molecule has 1 fully saturated rings. The molecule has 1 aromatic carbocycles. The second-order valence-electron chi connectivity index (χ2n) is 4.89. The number of hydrogen-bond acceptors (Lipinski definition) is 5. The maximum atomic E-state index is 11.9. The Bertz CT molecular complexity index is 637. The summed E-state index contributed by atoms with van der Waals surface area (Å²) < 4.78 is 5.13. The van der Waals surface area contributed by atoms with Gasteiger partial charge in [-0.2, -0.15) is 4.98 Å². The van der Waals surface area contributed by atoms with E-state index in [1.165, 1.54) is 0 Å². The van der Waals surface area contributed by atoms with Crippen LogP contribution in [0.15, 0.2) is 28.8 Å². The first-order valence-electron chi connectivity index (χ1n) is 6.82. The van der Waals surface area contributed by atoms with Crippen LogP contribution in [0, 0.1) is 0 Å². The van der Waals surface area contributed by atoms with E-state index in [4.69, 9.17) is 16.1 Å². The SMILES string of the molecule is O=C(NCc1nc(-c2cccc(Cl)c2)no1)C1CCCN1. The van der Waals surface area contributed by atoms with Gasteiger partial charge in [0.15, 0.2) is 0 Å². The first kappa shape index (κ1) is 14.0. The number of hydrogen-bond donors (Lipinski definition) is 2. The van der Waals surface area contributed by atoms with Crippen LogP contribution < -0.4 is 10.6 Å². The molecule has 0 radical (unpaired) electrons. The predicted octanol–water partition coefficient (Wildman–Crippen LogP) is 1.76. The summed E-state index contributed by atoms with van der Waals surface area (Å²) >= 11 is 5.93. The smallest absolute Gasteiger partial charge is 0.246 e. The van der Waals surface area contributed by atoms with Gasteiger partial charge in [0, 0.05) is 10.6 Å². The van der Waals surface area contributed by atoms with E-state index in [2.05, 4.69) is 20.8 Å². The minimum absolute atomic E-state index is 0.0324. The summed E-state index contributed by atoms with van der Waals surface area (Å²) in [5, 5.41) is 10.4. The van der Waals surface area contributed by atoms with Crippen molar-refractivity contribution in [2.24, 2.45) is 0 Å². The van der Waals surface area contributed by atoms with Gasteiger partial charge in [0.1, 0.15) is 0 Å². The first-order valence-corrected chi connectivity index (χ1v) is 7.20. The molecule has 2 N–H and O–H groups in total. The predicted molar refractivity (Wildman–Crippen MR) is 77.6 cm³/mol. The lowest BCUT2D eigenvalue weighted by Gasteiger charge is -2.08. The van der Waals surface area contributed by atoms with Crippen molar-refractivity contribution in [1.29, 1.82) is 0 Å². The Morgan fingerprint density at radius 1 is 1.52 bits per heavy atom. The summed E-state index contributed by atoms with van der Waals surface area (Å²) in [4.78, 5) is 16.1. The Balaban J connectivity index is 1.61. The zero-order valence-electron chi connectivity index (χ0n) is 11.3. The van der Waals surface area contributed by atoms with Crippen molar-refractivity contribution in [2.45, 2.75) is 25.4 Å². The number of nitrogens with one attached hydrogen (secondary N) is 2. The second-order valence-corrected chi connectivity index (χ2v) is 5.33. The van der Waals surface area contributed by atoms with Gasteiger partial charge in [-0.1, -0.05) is 28.9 Å². The molecule has 7 heteroatoms. The highest BCUT2D eigenvalue weighted by atomic mass is 35.5. The molecular weight excluding hydrogens is 292 g/mol. The van der Waals surface area contributed by atoms with Crippen LogP contribution in [0.4, 0.5) is 0 Å². The van der Waals surface area contributed by atoms with E-state index in [9.17, 15) is 4.79 Å². The molecule has 0 bridgehead atoms. The van der Waals surface area contributed by atoms with Crippen molar-refractivity contribution in [1.82, 2.24) is 20.8 Å². The summed E-state index contributed by atoms with van der Waals surface area (Å²) in [5.41, 5.74) is 0.779. The maximum Gasteiger partial charge on any atom is 0.246 e. The van der Waals surface area contributed by atoms with Gasteiger partial charge >= 0.3 is 0 Å². The number of aromatic nitrogens is 2. The van der Waals surface area contributed by atoms with Gasteiger partial charge in [0.25, 0.3) is 0 Å². The molecule has 0 aliphatic carbocycles. The Hall–Kier alpha value is -1.92. The van der Waals surface area contributed by atoms with Crippen LogP contribution in [-0.2, 0) is 11.3 Å². The van der Waals surface area contributed by atoms with Gasteiger partial charge in [-0.05, 0) is 31.5 Å². The van der Waals surface area contributed by atoms with Gasteiger partial charge in [0.2, 0.25) is 17.6 Å². The van der Waals surface area contributed by atoms with E-state index in [1.54, 1.807) is 12.1 Å². The molecule has 2 heterocycles. The minimum atomic E-state index is -0.111. The van der Waals surface area contributed by atoms with Gasteiger partial charge in [0.05, 0.1) is 12.6 Å². The lowest BCUT2D eigenvalue weighted by Crippen LogP contribution is -2.40. The summed E-state index contributed by atoms with van der Waals surface area (Å²) in [5.74, 6) is 0.798. The van der Waals surface area contributed by atoms with E-state index >= 15 is 0 Å². The van der Waals surface area contributed by atoms with E-state index in [0.29, 0.717) is 16.7 Å². The minimum Gasteiger partial charge on any atom is -0.346 e. The standard InChI is InChI=1S/C14H15ClN4O2/c15-10-4-1-3-9(7-10)13-18-12(21-19-13)8-17-14(20)11-5-2-6-16-11/h1,3-4,7,11,16H,2,5-6,8H2,(H,17,20).